The Morgan fingerprint density at radius 1 is 1.80 bits per heavy atom. The number of hydroxylamine groups is 1. The zero-order valence-electron chi connectivity index (χ0n) is 9.01. The number of hydrogen-bond acceptors (Lipinski definition) is 5. The van der Waals surface area contributed by atoms with Gasteiger partial charge in [-0.3, -0.25) is 4.79 Å². The normalized spacial score (nSPS) is 27.1. The lowest BCUT2D eigenvalue weighted by Crippen LogP contribution is -2.59. The second-order valence-electron chi connectivity index (χ2n) is 3.40. The van der Waals surface area contributed by atoms with Crippen molar-refractivity contribution in [1.29, 1.82) is 0 Å². The molecule has 0 saturated carbocycles. The summed E-state index contributed by atoms with van der Waals surface area (Å²) in [5.74, 6) is -0.177. The number of quaternary nitrogens is 1. The van der Waals surface area contributed by atoms with Gasteiger partial charge in [0.05, 0.1) is 19.7 Å². The van der Waals surface area contributed by atoms with Crippen molar-refractivity contribution < 1.29 is 18.9 Å². The predicted octanol–water partition coefficient (Wildman–Crippen LogP) is -0.581. The van der Waals surface area contributed by atoms with Gasteiger partial charge in [-0.15, -0.1) is 5.01 Å². The predicted molar refractivity (Wildman–Crippen MR) is 57.0 cm³/mol. The summed E-state index contributed by atoms with van der Waals surface area (Å²) in [5.41, 5.74) is 0. The van der Waals surface area contributed by atoms with Crippen molar-refractivity contribution in [3.8, 4) is 0 Å². The van der Waals surface area contributed by atoms with E-state index < -0.39 is 10.3 Å². The monoisotopic (exact) mass is 236 g/mol. The van der Waals surface area contributed by atoms with Crippen LogP contribution in [0, 0.1) is 0 Å². The minimum absolute atomic E-state index is 0.177. The minimum Gasteiger partial charge on any atom is -0.365 e. The van der Waals surface area contributed by atoms with Crippen LogP contribution in [-0.2, 0) is 9.53 Å². The third-order valence-electron chi connectivity index (χ3n) is 2.46. The number of thiol groups is 1. The summed E-state index contributed by atoms with van der Waals surface area (Å²) in [6, 6.07) is 0. The van der Waals surface area contributed by atoms with Gasteiger partial charge in [-0.05, 0) is 11.1 Å². The smallest absolute Gasteiger partial charge is 0.250 e. The number of nitrogens with zero attached hydrogens (tertiary/aromatic N) is 2. The van der Waals surface area contributed by atoms with Crippen LogP contribution in [0.1, 0.15) is 6.92 Å². The molecule has 1 rings (SSSR count). The van der Waals surface area contributed by atoms with E-state index in [0.29, 0.717) is 26.2 Å². The van der Waals surface area contributed by atoms with Crippen LogP contribution < -0.4 is 5.32 Å². The first-order valence-electron chi connectivity index (χ1n) is 4.93. The molecule has 88 valence electrons. The summed E-state index contributed by atoms with van der Waals surface area (Å²) < 4.78 is 4.79. The van der Waals surface area contributed by atoms with Crippen LogP contribution in [-0.4, -0.2) is 59.7 Å². The molecular formula is C8H18N3O3S+. The maximum absolute atomic E-state index is 11.4. The van der Waals surface area contributed by atoms with Gasteiger partial charge in [0.1, 0.15) is 19.4 Å². The number of amides is 1. The maximum Gasteiger partial charge on any atom is 0.250 e. The molecule has 1 aliphatic heterocycles. The van der Waals surface area contributed by atoms with Gasteiger partial charge >= 0.3 is 0 Å². The average Bonchev–Trinajstić information content (AvgIpc) is 2.28. The van der Waals surface area contributed by atoms with Crippen LogP contribution in [0.3, 0.4) is 0 Å². The lowest BCUT2D eigenvalue weighted by molar-refractivity contribution is -1.08. The summed E-state index contributed by atoms with van der Waals surface area (Å²) in [7, 11) is 1.56. The molecule has 0 aromatic carbocycles. The van der Waals surface area contributed by atoms with Crippen molar-refractivity contribution in [3.63, 3.8) is 0 Å². The molecule has 0 spiro atoms. The van der Waals surface area contributed by atoms with E-state index in [2.05, 4.69) is 18.1 Å². The van der Waals surface area contributed by atoms with Crippen molar-refractivity contribution >= 4 is 18.7 Å². The number of carbonyl (C=O) groups is 1. The number of likely N-dealkylation sites (N-methyl/N-ethyl adjacent to an activating group) is 1. The number of carbonyl (C=O) groups excluding carboxylic acids is 1. The second-order valence-corrected chi connectivity index (χ2v) is 4.04. The second kappa shape index (κ2) is 5.13. The van der Waals surface area contributed by atoms with E-state index in [9.17, 15) is 10.0 Å². The highest BCUT2D eigenvalue weighted by Gasteiger charge is 2.37. The quantitative estimate of drug-likeness (QED) is 0.348. The standard InChI is InChI=1S/C8H17N3O3S/c1-3-11(13,15)10-4-5-14-7(6-10)8(12)9-2/h7,13,15H,3-6H2,1-2H3/p+1. The lowest BCUT2D eigenvalue weighted by Gasteiger charge is -2.37. The Kier molecular flexibility index (Phi) is 4.35. The average molecular weight is 236 g/mol. The fraction of sp³-hybridized carbons (Fsp3) is 0.875. The van der Waals surface area contributed by atoms with Gasteiger partial charge < -0.3 is 10.1 Å². The fourth-order valence-electron chi connectivity index (χ4n) is 1.45. The van der Waals surface area contributed by atoms with Gasteiger partial charge in [-0.25, -0.2) is 0 Å². The lowest BCUT2D eigenvalue weighted by atomic mass is 10.3. The first kappa shape index (κ1) is 12.7. The molecule has 1 amide bonds. The SMILES string of the molecule is CC[N+](O)(S)N1CCOC(C(=O)NC)C1. The van der Waals surface area contributed by atoms with Gasteiger partial charge in [0.2, 0.25) is 5.91 Å². The van der Waals surface area contributed by atoms with E-state index in [1.807, 2.05) is 6.92 Å². The summed E-state index contributed by atoms with van der Waals surface area (Å²) in [4.78, 5) is 11.4. The zero-order valence-corrected chi connectivity index (χ0v) is 9.91. The molecule has 1 saturated heterocycles. The highest BCUT2D eigenvalue weighted by atomic mass is 32.1. The molecule has 2 atom stereocenters. The van der Waals surface area contributed by atoms with Gasteiger partial charge in [-0.2, -0.15) is 5.21 Å². The molecular weight excluding hydrogens is 218 g/mol. The Bertz CT molecular complexity index is 237. The number of nitrogens with one attached hydrogen (secondary N) is 1. The van der Waals surface area contributed by atoms with Crippen molar-refractivity contribution in [2.75, 3.05) is 33.3 Å². The Morgan fingerprint density at radius 2 is 2.47 bits per heavy atom. The highest BCUT2D eigenvalue weighted by molar-refractivity contribution is 7.74. The van der Waals surface area contributed by atoms with E-state index in [0.717, 1.165) is 0 Å². The van der Waals surface area contributed by atoms with Crippen LogP contribution >= 0.6 is 12.8 Å². The molecule has 2 unspecified atom stereocenters. The van der Waals surface area contributed by atoms with Crippen LogP contribution in [0.2, 0.25) is 0 Å². The summed E-state index contributed by atoms with van der Waals surface area (Å²) in [6.45, 7) is 3.56. The van der Waals surface area contributed by atoms with Gasteiger partial charge in [0.15, 0.2) is 6.10 Å². The third-order valence-corrected chi connectivity index (χ3v) is 3.00. The molecule has 0 aromatic rings. The molecule has 1 aliphatic rings. The molecule has 0 aromatic heterocycles. The Morgan fingerprint density at radius 3 is 3.00 bits per heavy atom. The van der Waals surface area contributed by atoms with Crippen molar-refractivity contribution in [2.45, 2.75) is 13.0 Å². The van der Waals surface area contributed by atoms with Gasteiger partial charge in [0.25, 0.3) is 0 Å². The molecule has 0 aliphatic carbocycles. The number of ether oxygens (including phenoxy) is 1. The minimum atomic E-state index is -0.535. The largest absolute Gasteiger partial charge is 0.365 e. The van der Waals surface area contributed by atoms with Crippen molar-refractivity contribution in [3.05, 3.63) is 0 Å². The van der Waals surface area contributed by atoms with Gasteiger partial charge in [-0.1, -0.05) is 0 Å². The fourth-order valence-corrected chi connectivity index (χ4v) is 1.61. The Balaban J connectivity index is 2.60. The zero-order chi connectivity index (χ0) is 11.5. The highest BCUT2D eigenvalue weighted by Crippen LogP contribution is 2.16. The van der Waals surface area contributed by atoms with Crippen LogP contribution in [0.5, 0.6) is 0 Å². The number of rotatable bonds is 3. The first-order chi connectivity index (χ1) is 7.01. The van der Waals surface area contributed by atoms with Crippen LogP contribution in [0.25, 0.3) is 0 Å². The topological polar surface area (TPSA) is 61.8 Å². The maximum atomic E-state index is 11.4. The molecule has 6 nitrogen and oxygen atoms in total. The Hall–Kier alpha value is -0.340. The molecule has 2 N–H and O–H groups in total. The Labute approximate surface area is 94.9 Å². The van der Waals surface area contributed by atoms with E-state index in [1.54, 1.807) is 12.1 Å². The number of morpholine rings is 1. The molecule has 15 heavy (non-hydrogen) atoms. The van der Waals surface area contributed by atoms with Crippen LogP contribution in [0.4, 0.5) is 0 Å². The molecule has 0 radical (unpaired) electrons. The summed E-state index contributed by atoms with van der Waals surface area (Å²) in [5, 5.41) is 14.1. The number of hydrogen-bond donors (Lipinski definition) is 3. The van der Waals surface area contributed by atoms with E-state index in [4.69, 9.17) is 4.74 Å². The van der Waals surface area contributed by atoms with E-state index in [-0.39, 0.29) is 5.91 Å². The summed E-state index contributed by atoms with van der Waals surface area (Å²) >= 11 is 4.10. The third kappa shape index (κ3) is 3.05. The molecule has 0 bridgehead atoms. The summed E-state index contributed by atoms with van der Waals surface area (Å²) in [6.07, 6.45) is -0.535. The van der Waals surface area contributed by atoms with E-state index in [1.165, 1.54) is 0 Å². The molecule has 1 fully saturated rings. The molecule has 1 heterocycles. The van der Waals surface area contributed by atoms with E-state index >= 15 is 0 Å². The van der Waals surface area contributed by atoms with Crippen molar-refractivity contribution in [2.24, 2.45) is 0 Å². The molecule has 7 heteroatoms. The van der Waals surface area contributed by atoms with Crippen LogP contribution in [0.15, 0.2) is 0 Å². The first-order valence-corrected chi connectivity index (χ1v) is 5.33. The van der Waals surface area contributed by atoms with Crippen molar-refractivity contribution in [1.82, 2.24) is 10.3 Å². The van der Waals surface area contributed by atoms with Gasteiger partial charge in [0, 0.05) is 7.05 Å².